The zero-order valence-electron chi connectivity index (χ0n) is 16.1. The Morgan fingerprint density at radius 2 is 1.76 bits per heavy atom. The van der Waals surface area contributed by atoms with Crippen molar-refractivity contribution in [1.82, 2.24) is 15.3 Å². The van der Waals surface area contributed by atoms with E-state index >= 15 is 0 Å². The lowest BCUT2D eigenvalue weighted by molar-refractivity contribution is 0.0752. The van der Waals surface area contributed by atoms with Crippen LogP contribution in [0.4, 0.5) is 0 Å². The van der Waals surface area contributed by atoms with Crippen molar-refractivity contribution in [2.24, 2.45) is 11.8 Å². The molecule has 4 nitrogen and oxygen atoms in total. The Bertz CT molecular complexity index is 391. The first-order valence-electron chi connectivity index (χ1n) is 11.2. The molecule has 25 heavy (non-hydrogen) atoms. The van der Waals surface area contributed by atoms with Crippen molar-refractivity contribution < 1.29 is 4.74 Å². The highest BCUT2D eigenvalue weighted by atomic mass is 16.5. The van der Waals surface area contributed by atoms with Crippen LogP contribution >= 0.6 is 0 Å². The second-order valence-corrected chi connectivity index (χ2v) is 9.08. The molecule has 3 heterocycles. The van der Waals surface area contributed by atoms with Gasteiger partial charge < -0.3 is 9.64 Å². The van der Waals surface area contributed by atoms with Crippen LogP contribution in [0, 0.1) is 11.8 Å². The maximum absolute atomic E-state index is 5.99. The number of hydrogen-bond acceptors (Lipinski definition) is 4. The molecule has 3 saturated heterocycles. The van der Waals surface area contributed by atoms with Gasteiger partial charge in [-0.05, 0) is 69.9 Å². The molecule has 1 N–H and O–H groups in total. The van der Waals surface area contributed by atoms with Crippen LogP contribution in [0.1, 0.15) is 70.6 Å². The van der Waals surface area contributed by atoms with E-state index < -0.39 is 0 Å². The van der Waals surface area contributed by atoms with Gasteiger partial charge in [0.25, 0.3) is 0 Å². The number of ether oxygens (including phenoxy) is 1. The molecular formula is C21H39N3O. The fourth-order valence-electron chi connectivity index (χ4n) is 5.78. The van der Waals surface area contributed by atoms with E-state index in [-0.39, 0.29) is 0 Å². The van der Waals surface area contributed by atoms with Gasteiger partial charge in [-0.15, -0.1) is 0 Å². The number of piperidine rings is 2. The summed E-state index contributed by atoms with van der Waals surface area (Å²) in [6.07, 6.45) is 15.4. The van der Waals surface area contributed by atoms with Gasteiger partial charge in [0, 0.05) is 31.8 Å². The van der Waals surface area contributed by atoms with Crippen LogP contribution in [0.2, 0.25) is 0 Å². The van der Waals surface area contributed by atoms with Gasteiger partial charge in [0.05, 0.1) is 6.61 Å². The lowest BCUT2D eigenvalue weighted by atomic mass is 9.75. The molecule has 4 unspecified atom stereocenters. The standard InChI is InChI=1S/C21H39N3O/c1-2-8-19-16-23(13-10-18(19)7-1)11-5-6-14-25-17-20-15-21-9-3-4-12-24(21)22-20/h18-22H,1-17H2. The van der Waals surface area contributed by atoms with E-state index in [4.69, 9.17) is 4.74 Å². The van der Waals surface area contributed by atoms with E-state index in [1.165, 1.54) is 96.8 Å². The zero-order valence-corrected chi connectivity index (χ0v) is 16.1. The number of unbranched alkanes of at least 4 members (excludes halogenated alkanes) is 1. The first-order chi connectivity index (χ1) is 12.4. The second-order valence-electron chi connectivity index (χ2n) is 9.08. The number of fused-ring (bicyclic) bond motifs is 2. The van der Waals surface area contributed by atoms with Crippen molar-refractivity contribution >= 4 is 0 Å². The quantitative estimate of drug-likeness (QED) is 0.713. The lowest BCUT2D eigenvalue weighted by Gasteiger charge is -2.41. The molecular weight excluding hydrogens is 310 g/mol. The maximum atomic E-state index is 5.99. The second kappa shape index (κ2) is 9.16. The lowest BCUT2D eigenvalue weighted by Crippen LogP contribution is -2.43. The summed E-state index contributed by atoms with van der Waals surface area (Å²) in [5.74, 6) is 2.08. The van der Waals surface area contributed by atoms with Gasteiger partial charge in [-0.25, -0.2) is 10.4 Å². The van der Waals surface area contributed by atoms with Crippen LogP contribution in [0.15, 0.2) is 0 Å². The normalized spacial score (nSPS) is 37.0. The smallest absolute Gasteiger partial charge is 0.0633 e. The van der Waals surface area contributed by atoms with Gasteiger partial charge in [0.15, 0.2) is 0 Å². The first-order valence-corrected chi connectivity index (χ1v) is 11.2. The highest BCUT2D eigenvalue weighted by Gasteiger charge is 2.33. The molecule has 0 bridgehead atoms. The third kappa shape index (κ3) is 4.97. The fourth-order valence-corrected chi connectivity index (χ4v) is 5.78. The van der Waals surface area contributed by atoms with Crippen molar-refractivity contribution in [3.05, 3.63) is 0 Å². The fraction of sp³-hybridized carbons (Fsp3) is 1.00. The summed E-state index contributed by atoms with van der Waals surface area (Å²) in [5.41, 5.74) is 3.66. The van der Waals surface area contributed by atoms with Gasteiger partial charge in [0.1, 0.15) is 0 Å². The average Bonchev–Trinajstić information content (AvgIpc) is 3.07. The molecule has 4 aliphatic rings. The van der Waals surface area contributed by atoms with Gasteiger partial charge in [-0.3, -0.25) is 0 Å². The maximum Gasteiger partial charge on any atom is 0.0633 e. The van der Waals surface area contributed by atoms with E-state index in [1.54, 1.807) is 0 Å². The van der Waals surface area contributed by atoms with E-state index in [2.05, 4.69) is 15.3 Å². The Hall–Kier alpha value is -0.160. The van der Waals surface area contributed by atoms with Crippen LogP contribution in [-0.2, 0) is 4.74 Å². The summed E-state index contributed by atoms with van der Waals surface area (Å²) in [6, 6.07) is 1.35. The molecule has 0 aromatic carbocycles. The minimum atomic E-state index is 0.563. The molecule has 1 aliphatic carbocycles. The number of rotatable bonds is 7. The van der Waals surface area contributed by atoms with Crippen LogP contribution in [0.5, 0.6) is 0 Å². The summed E-state index contributed by atoms with van der Waals surface area (Å²) in [6.45, 7) is 7.12. The van der Waals surface area contributed by atoms with Gasteiger partial charge in [-0.2, -0.15) is 0 Å². The highest BCUT2D eigenvalue weighted by molar-refractivity contribution is 4.87. The first kappa shape index (κ1) is 18.2. The summed E-state index contributed by atoms with van der Waals surface area (Å²) < 4.78 is 5.99. The number of hydrazine groups is 1. The minimum Gasteiger partial charge on any atom is -0.380 e. The predicted octanol–water partition coefficient (Wildman–Crippen LogP) is 3.43. The van der Waals surface area contributed by atoms with Crippen molar-refractivity contribution in [3.63, 3.8) is 0 Å². The molecule has 0 aromatic rings. The molecule has 0 amide bonds. The SMILES string of the molecule is C(CCN1CCC2CCCCC2C1)COCC1CC2CCCCN2N1. The summed E-state index contributed by atoms with van der Waals surface area (Å²) in [7, 11) is 0. The van der Waals surface area contributed by atoms with Crippen LogP contribution in [0.3, 0.4) is 0 Å². The summed E-state index contributed by atoms with van der Waals surface area (Å²) in [4.78, 5) is 2.74. The van der Waals surface area contributed by atoms with Crippen molar-refractivity contribution in [2.75, 3.05) is 39.4 Å². The highest BCUT2D eigenvalue weighted by Crippen LogP contribution is 2.36. The molecule has 1 saturated carbocycles. The molecule has 0 aromatic heterocycles. The van der Waals surface area contributed by atoms with Crippen molar-refractivity contribution in [1.29, 1.82) is 0 Å². The molecule has 144 valence electrons. The number of nitrogens with zero attached hydrogens (tertiary/aromatic N) is 2. The number of likely N-dealkylation sites (tertiary alicyclic amines) is 1. The summed E-state index contributed by atoms with van der Waals surface area (Å²) in [5, 5.41) is 2.48. The van der Waals surface area contributed by atoms with E-state index in [1.807, 2.05) is 0 Å². The molecule has 0 spiro atoms. The monoisotopic (exact) mass is 349 g/mol. The third-order valence-corrected chi connectivity index (χ3v) is 7.24. The Kier molecular flexibility index (Phi) is 6.68. The Balaban J connectivity index is 1.04. The van der Waals surface area contributed by atoms with Crippen LogP contribution in [0.25, 0.3) is 0 Å². The summed E-state index contributed by atoms with van der Waals surface area (Å²) >= 11 is 0. The number of nitrogens with one attached hydrogen (secondary N) is 1. The largest absolute Gasteiger partial charge is 0.380 e. The Morgan fingerprint density at radius 1 is 0.880 bits per heavy atom. The molecule has 4 atom stereocenters. The molecule has 4 fully saturated rings. The van der Waals surface area contributed by atoms with Crippen molar-refractivity contribution in [2.45, 2.75) is 82.7 Å². The molecule has 0 radical (unpaired) electrons. The van der Waals surface area contributed by atoms with Crippen molar-refractivity contribution in [3.8, 4) is 0 Å². The Morgan fingerprint density at radius 3 is 2.68 bits per heavy atom. The third-order valence-electron chi connectivity index (χ3n) is 7.24. The van der Waals surface area contributed by atoms with E-state index in [9.17, 15) is 0 Å². The minimum absolute atomic E-state index is 0.563. The Labute approximate surface area is 154 Å². The van der Waals surface area contributed by atoms with Crippen LogP contribution < -0.4 is 5.43 Å². The molecule has 4 rings (SSSR count). The average molecular weight is 350 g/mol. The van der Waals surface area contributed by atoms with E-state index in [0.717, 1.165) is 31.1 Å². The zero-order chi connectivity index (χ0) is 16.9. The van der Waals surface area contributed by atoms with Gasteiger partial charge >= 0.3 is 0 Å². The van der Waals surface area contributed by atoms with Crippen LogP contribution in [-0.4, -0.2) is 61.4 Å². The van der Waals surface area contributed by atoms with Gasteiger partial charge in [-0.1, -0.05) is 25.7 Å². The predicted molar refractivity (Wildman–Crippen MR) is 102 cm³/mol. The number of hydrogen-bond donors (Lipinski definition) is 1. The molecule has 3 aliphatic heterocycles. The van der Waals surface area contributed by atoms with Gasteiger partial charge in [0.2, 0.25) is 0 Å². The topological polar surface area (TPSA) is 27.7 Å². The molecule has 4 heteroatoms. The van der Waals surface area contributed by atoms with E-state index in [0.29, 0.717) is 6.04 Å².